The number of carbonyl (C=O) groups is 2. The molecule has 2 bridgehead atoms. The molecule has 2 aromatic carbocycles. The number of likely N-dealkylation sites (tertiary alicyclic amines) is 1. The van der Waals surface area contributed by atoms with E-state index in [1.807, 2.05) is 18.2 Å². The lowest BCUT2D eigenvalue weighted by Crippen LogP contribution is -2.82. The van der Waals surface area contributed by atoms with Crippen molar-refractivity contribution in [3.63, 3.8) is 0 Å². The molecule has 1 amide bonds. The zero-order valence-corrected chi connectivity index (χ0v) is 20.3. The van der Waals surface area contributed by atoms with Crippen LogP contribution in [0.2, 0.25) is 5.02 Å². The summed E-state index contributed by atoms with van der Waals surface area (Å²) in [5, 5.41) is 14.9. The van der Waals surface area contributed by atoms with E-state index in [0.29, 0.717) is 23.6 Å². The maximum atomic E-state index is 13.6. The van der Waals surface area contributed by atoms with Gasteiger partial charge in [0.1, 0.15) is 0 Å². The van der Waals surface area contributed by atoms with Gasteiger partial charge in [-0.1, -0.05) is 29.8 Å². The summed E-state index contributed by atoms with van der Waals surface area (Å²) in [6.45, 7) is 1.91. The average molecular weight is 493 g/mol. The fourth-order valence-electron chi connectivity index (χ4n) is 7.64. The number of halogens is 1. The van der Waals surface area contributed by atoms with E-state index in [1.165, 1.54) is 12.8 Å². The number of rotatable bonds is 5. The van der Waals surface area contributed by atoms with Gasteiger partial charge in [-0.15, -0.1) is 0 Å². The Labute approximate surface area is 209 Å². The highest BCUT2D eigenvalue weighted by Gasteiger charge is 2.73. The average Bonchev–Trinajstić information content (AvgIpc) is 3.58. The minimum Gasteiger partial charge on any atom is -0.504 e. The molecule has 0 radical (unpaired) electrons. The van der Waals surface area contributed by atoms with Gasteiger partial charge in [0.15, 0.2) is 23.4 Å². The molecule has 2 N–H and O–H groups in total. The monoisotopic (exact) mass is 492 g/mol. The largest absolute Gasteiger partial charge is 0.504 e. The van der Waals surface area contributed by atoms with Gasteiger partial charge in [-0.05, 0) is 73.9 Å². The molecule has 1 spiro atoms. The lowest BCUT2D eigenvalue weighted by Gasteiger charge is -2.65. The number of ketones is 1. The van der Waals surface area contributed by atoms with Crippen LogP contribution >= 0.6 is 11.6 Å². The standard InChI is InChI=1S/C28H29ClN2O4/c29-19-6-3-16(4-7-19)13-23(34)30-28-10-9-21(33)26-27(28)11-12-31(15-17-1-2-17)22(28)14-18-5-8-20(32)25(35-26)24(18)27/h3-8,17,22,26,32H,1-2,9-15H2,(H,30,34)/t22?,26-,27-,28+/m0/s1. The Morgan fingerprint density at radius 1 is 1.17 bits per heavy atom. The van der Waals surface area contributed by atoms with E-state index in [4.69, 9.17) is 16.3 Å². The summed E-state index contributed by atoms with van der Waals surface area (Å²) in [6.07, 6.45) is 4.60. The number of amides is 1. The number of Topliss-reactive ketones (excluding diaryl/α,β-unsaturated/α-hetero) is 1. The van der Waals surface area contributed by atoms with Crippen LogP contribution in [0.15, 0.2) is 36.4 Å². The molecule has 3 aliphatic carbocycles. The number of hydrogen-bond donors (Lipinski definition) is 2. The summed E-state index contributed by atoms with van der Waals surface area (Å²) in [6, 6.07) is 11.2. The summed E-state index contributed by atoms with van der Waals surface area (Å²) in [5.41, 5.74) is 1.74. The number of nitrogens with zero attached hydrogens (tertiary/aromatic N) is 1. The molecule has 5 aliphatic rings. The topological polar surface area (TPSA) is 78.9 Å². The van der Waals surface area contributed by atoms with Gasteiger partial charge < -0.3 is 15.2 Å². The molecule has 6 nitrogen and oxygen atoms in total. The molecular weight excluding hydrogens is 464 g/mol. The van der Waals surface area contributed by atoms with Gasteiger partial charge in [-0.2, -0.15) is 0 Å². The molecule has 4 atom stereocenters. The first-order valence-corrected chi connectivity index (χ1v) is 13.1. The zero-order valence-electron chi connectivity index (χ0n) is 19.6. The molecule has 1 unspecified atom stereocenters. The van der Waals surface area contributed by atoms with E-state index in [0.717, 1.165) is 48.5 Å². The SMILES string of the molecule is O=C(Cc1ccc(Cl)cc1)N[C@@]12CCC(=O)[C@@H]3Oc4c(O)ccc5c4[C@@]31CCN(CC1CC1)C2C5. The molecule has 3 fully saturated rings. The minimum atomic E-state index is -0.667. The number of nitrogens with one attached hydrogen (secondary N) is 1. The van der Waals surface area contributed by atoms with Crippen LogP contribution in [0.1, 0.15) is 48.8 Å². The fourth-order valence-corrected chi connectivity index (χ4v) is 7.77. The van der Waals surface area contributed by atoms with Crippen LogP contribution in [-0.4, -0.2) is 52.5 Å². The lowest BCUT2D eigenvalue weighted by molar-refractivity contribution is -0.150. The van der Waals surface area contributed by atoms with Crippen molar-refractivity contribution >= 4 is 23.3 Å². The van der Waals surface area contributed by atoms with E-state index in [-0.39, 0.29) is 29.9 Å². The van der Waals surface area contributed by atoms with Crippen LogP contribution in [0.25, 0.3) is 0 Å². The minimum absolute atomic E-state index is 0.0462. The Morgan fingerprint density at radius 3 is 2.74 bits per heavy atom. The van der Waals surface area contributed by atoms with Crippen molar-refractivity contribution in [2.75, 3.05) is 13.1 Å². The third-order valence-corrected chi connectivity index (χ3v) is 9.51. The van der Waals surface area contributed by atoms with Crippen molar-refractivity contribution in [1.82, 2.24) is 10.2 Å². The van der Waals surface area contributed by atoms with Crippen molar-refractivity contribution in [2.45, 2.75) is 68.0 Å². The highest BCUT2D eigenvalue weighted by Crippen LogP contribution is 2.65. The molecule has 2 heterocycles. The van der Waals surface area contributed by atoms with Crippen molar-refractivity contribution in [2.24, 2.45) is 5.92 Å². The van der Waals surface area contributed by atoms with Gasteiger partial charge in [-0.3, -0.25) is 14.5 Å². The molecular formula is C28H29ClN2O4. The van der Waals surface area contributed by atoms with Crippen LogP contribution in [0, 0.1) is 5.92 Å². The third kappa shape index (κ3) is 2.99. The van der Waals surface area contributed by atoms with Crippen LogP contribution in [0.3, 0.4) is 0 Å². The molecule has 7 rings (SSSR count). The predicted molar refractivity (Wildman–Crippen MR) is 131 cm³/mol. The van der Waals surface area contributed by atoms with Gasteiger partial charge >= 0.3 is 0 Å². The number of benzene rings is 2. The molecule has 2 aliphatic heterocycles. The van der Waals surface area contributed by atoms with E-state index in [1.54, 1.807) is 18.2 Å². The molecule has 0 aromatic heterocycles. The number of piperidine rings is 1. The van der Waals surface area contributed by atoms with Crippen molar-refractivity contribution < 1.29 is 19.4 Å². The van der Waals surface area contributed by atoms with Crippen molar-refractivity contribution in [3.05, 3.63) is 58.1 Å². The highest BCUT2D eigenvalue weighted by molar-refractivity contribution is 6.30. The molecule has 1 saturated heterocycles. The zero-order chi connectivity index (χ0) is 23.9. The van der Waals surface area contributed by atoms with E-state index < -0.39 is 17.1 Å². The van der Waals surface area contributed by atoms with Gasteiger partial charge in [0, 0.05) is 29.6 Å². The predicted octanol–water partition coefficient (Wildman–Crippen LogP) is 3.55. The van der Waals surface area contributed by atoms with Crippen LogP contribution in [0.5, 0.6) is 11.5 Å². The number of ether oxygens (including phenoxy) is 1. The summed E-state index contributed by atoms with van der Waals surface area (Å²) >= 11 is 6.04. The Bertz CT molecular complexity index is 1240. The molecule has 2 saturated carbocycles. The van der Waals surface area contributed by atoms with Crippen LogP contribution < -0.4 is 10.1 Å². The smallest absolute Gasteiger partial charge is 0.224 e. The normalized spacial score (nSPS) is 32.7. The van der Waals surface area contributed by atoms with Crippen molar-refractivity contribution in [3.8, 4) is 11.5 Å². The molecule has 7 heteroatoms. The Morgan fingerprint density at radius 2 is 1.97 bits per heavy atom. The number of hydrogen-bond acceptors (Lipinski definition) is 5. The molecule has 35 heavy (non-hydrogen) atoms. The van der Waals surface area contributed by atoms with Gasteiger partial charge in [0.05, 0.1) is 17.4 Å². The van der Waals surface area contributed by atoms with Crippen molar-refractivity contribution in [1.29, 1.82) is 0 Å². The van der Waals surface area contributed by atoms with Crippen LogP contribution in [-0.2, 0) is 27.8 Å². The molecule has 2 aromatic rings. The molecule has 182 valence electrons. The first kappa shape index (κ1) is 21.7. The van der Waals surface area contributed by atoms with E-state index in [2.05, 4.69) is 10.2 Å². The highest BCUT2D eigenvalue weighted by atomic mass is 35.5. The first-order valence-electron chi connectivity index (χ1n) is 12.8. The Kier molecular flexibility index (Phi) is 4.63. The van der Waals surface area contributed by atoms with Gasteiger partial charge in [0.25, 0.3) is 0 Å². The quantitative estimate of drug-likeness (QED) is 0.667. The lowest BCUT2D eigenvalue weighted by atomic mass is 9.47. The second-order valence-electron chi connectivity index (χ2n) is 11.1. The summed E-state index contributed by atoms with van der Waals surface area (Å²) < 4.78 is 6.30. The maximum absolute atomic E-state index is 13.6. The summed E-state index contributed by atoms with van der Waals surface area (Å²) in [7, 11) is 0. The fraction of sp³-hybridized carbons (Fsp3) is 0.500. The number of phenols is 1. The van der Waals surface area contributed by atoms with Gasteiger partial charge in [-0.25, -0.2) is 0 Å². The van der Waals surface area contributed by atoms with Gasteiger partial charge in [0.2, 0.25) is 5.91 Å². The summed E-state index contributed by atoms with van der Waals surface area (Å²) in [5.74, 6) is 1.29. The third-order valence-electron chi connectivity index (χ3n) is 9.25. The second kappa shape index (κ2) is 7.47. The van der Waals surface area contributed by atoms with E-state index in [9.17, 15) is 14.7 Å². The number of aromatic hydroxyl groups is 1. The Balaban J connectivity index is 1.35. The van der Waals surface area contributed by atoms with E-state index >= 15 is 0 Å². The van der Waals surface area contributed by atoms with Crippen LogP contribution in [0.4, 0.5) is 0 Å². The Hall–Kier alpha value is -2.57. The number of phenolic OH excluding ortho intramolecular Hbond substituents is 1. The summed E-state index contributed by atoms with van der Waals surface area (Å²) in [4.78, 5) is 29.5. The second-order valence-corrected chi connectivity index (χ2v) is 11.6. The first-order chi connectivity index (χ1) is 16.9. The number of carbonyl (C=O) groups excluding carboxylic acids is 2. The maximum Gasteiger partial charge on any atom is 0.224 e.